The number of nitrogens with one attached hydrogen (secondary N) is 2. The molecule has 1 saturated heterocycles. The molecule has 0 atom stereocenters. The minimum atomic E-state index is -0.796. The third-order valence-electron chi connectivity index (χ3n) is 4.95. The van der Waals surface area contributed by atoms with Crippen molar-refractivity contribution in [2.75, 3.05) is 27.3 Å². The molecular formula is C19H25N3O5. The van der Waals surface area contributed by atoms with Crippen molar-refractivity contribution in [3.8, 4) is 23.0 Å². The number of ether oxygens (including phenoxy) is 2. The second-order valence-corrected chi connectivity index (χ2v) is 6.54. The lowest BCUT2D eigenvalue weighted by atomic mass is 9.91. The van der Waals surface area contributed by atoms with Crippen LogP contribution in [0.5, 0.6) is 11.5 Å². The van der Waals surface area contributed by atoms with Crippen LogP contribution in [0.3, 0.4) is 0 Å². The molecule has 2 aromatic rings. The molecule has 1 aliphatic rings. The van der Waals surface area contributed by atoms with Crippen molar-refractivity contribution in [3.05, 3.63) is 29.7 Å². The Labute approximate surface area is 157 Å². The SMILES string of the molecule is COc1cc(-c2nc(CNC(=O)C3(OC)CCNCC3)c(C)o2)ccc1O. The van der Waals surface area contributed by atoms with Crippen LogP contribution in [0.25, 0.3) is 11.5 Å². The van der Waals surface area contributed by atoms with Crippen LogP contribution in [-0.2, 0) is 16.1 Å². The molecule has 1 aromatic heterocycles. The van der Waals surface area contributed by atoms with Gasteiger partial charge in [-0.05, 0) is 51.1 Å². The van der Waals surface area contributed by atoms with E-state index in [1.807, 2.05) is 0 Å². The summed E-state index contributed by atoms with van der Waals surface area (Å²) in [6.07, 6.45) is 1.26. The zero-order chi connectivity index (χ0) is 19.4. The number of benzene rings is 1. The van der Waals surface area contributed by atoms with Crippen molar-refractivity contribution >= 4 is 5.91 Å². The van der Waals surface area contributed by atoms with Crippen molar-refractivity contribution in [1.82, 2.24) is 15.6 Å². The quantitative estimate of drug-likeness (QED) is 0.706. The Morgan fingerprint density at radius 2 is 2.11 bits per heavy atom. The fourth-order valence-electron chi connectivity index (χ4n) is 3.21. The van der Waals surface area contributed by atoms with Crippen molar-refractivity contribution in [1.29, 1.82) is 0 Å². The molecule has 8 heteroatoms. The summed E-state index contributed by atoms with van der Waals surface area (Å²) in [7, 11) is 3.05. The number of hydrogen-bond acceptors (Lipinski definition) is 7. The number of phenolic OH excluding ortho intramolecular Hbond substituents is 1. The molecule has 3 rings (SSSR count). The molecule has 8 nitrogen and oxygen atoms in total. The molecule has 1 amide bonds. The molecule has 1 aliphatic heterocycles. The number of methoxy groups -OCH3 is 2. The van der Waals surface area contributed by atoms with Crippen LogP contribution in [0.2, 0.25) is 0 Å². The zero-order valence-corrected chi connectivity index (χ0v) is 15.8. The molecule has 3 N–H and O–H groups in total. The van der Waals surface area contributed by atoms with Gasteiger partial charge in [-0.2, -0.15) is 0 Å². The van der Waals surface area contributed by atoms with Crippen LogP contribution in [0, 0.1) is 6.92 Å². The normalized spacial score (nSPS) is 16.1. The number of phenols is 1. The molecule has 0 saturated carbocycles. The van der Waals surface area contributed by atoms with E-state index in [0.717, 1.165) is 13.1 Å². The van der Waals surface area contributed by atoms with Crippen LogP contribution >= 0.6 is 0 Å². The standard InChI is InChI=1S/C19H25N3O5/c1-12-14(11-21-18(24)19(26-3)6-8-20-9-7-19)22-17(27-12)13-4-5-15(23)16(10-13)25-2/h4-5,10,20,23H,6-9,11H2,1-3H3,(H,21,24). The van der Waals surface area contributed by atoms with Gasteiger partial charge in [0.2, 0.25) is 5.89 Å². The third kappa shape index (κ3) is 3.91. The monoisotopic (exact) mass is 375 g/mol. The van der Waals surface area contributed by atoms with Gasteiger partial charge in [0.15, 0.2) is 11.5 Å². The lowest BCUT2D eigenvalue weighted by molar-refractivity contribution is -0.146. The van der Waals surface area contributed by atoms with Gasteiger partial charge in [0.25, 0.3) is 5.91 Å². The highest BCUT2D eigenvalue weighted by atomic mass is 16.5. The Hall–Kier alpha value is -2.58. The molecule has 0 aliphatic carbocycles. The number of nitrogens with zero attached hydrogens (tertiary/aromatic N) is 1. The molecule has 146 valence electrons. The Balaban J connectivity index is 1.72. The fourth-order valence-corrected chi connectivity index (χ4v) is 3.21. The van der Waals surface area contributed by atoms with Crippen LogP contribution in [0.4, 0.5) is 0 Å². The van der Waals surface area contributed by atoms with E-state index in [1.165, 1.54) is 13.2 Å². The van der Waals surface area contributed by atoms with Gasteiger partial charge in [-0.1, -0.05) is 0 Å². The van der Waals surface area contributed by atoms with Gasteiger partial charge in [0.05, 0.1) is 13.7 Å². The van der Waals surface area contributed by atoms with Gasteiger partial charge in [-0.3, -0.25) is 4.79 Å². The summed E-state index contributed by atoms with van der Waals surface area (Å²) in [5.41, 5.74) is 0.526. The average Bonchev–Trinajstić information content (AvgIpc) is 3.07. The van der Waals surface area contributed by atoms with Gasteiger partial charge in [0, 0.05) is 12.7 Å². The van der Waals surface area contributed by atoms with Crippen molar-refractivity contribution in [3.63, 3.8) is 0 Å². The molecule has 1 aromatic carbocycles. The van der Waals surface area contributed by atoms with Gasteiger partial charge in [0.1, 0.15) is 17.1 Å². The fraction of sp³-hybridized carbons (Fsp3) is 0.474. The first kappa shape index (κ1) is 19.2. The second kappa shape index (κ2) is 7.98. The number of carbonyl (C=O) groups excluding carboxylic acids is 1. The van der Waals surface area contributed by atoms with Crippen molar-refractivity contribution < 1.29 is 23.8 Å². The van der Waals surface area contributed by atoms with E-state index in [1.54, 1.807) is 26.2 Å². The maximum Gasteiger partial charge on any atom is 0.252 e. The summed E-state index contributed by atoms with van der Waals surface area (Å²) in [5.74, 6) is 1.27. The lowest BCUT2D eigenvalue weighted by Crippen LogP contribution is -2.54. The molecule has 0 unspecified atom stereocenters. The zero-order valence-electron chi connectivity index (χ0n) is 15.8. The molecule has 27 heavy (non-hydrogen) atoms. The molecule has 0 bridgehead atoms. The number of oxazole rings is 1. The highest BCUT2D eigenvalue weighted by Crippen LogP contribution is 2.32. The summed E-state index contributed by atoms with van der Waals surface area (Å²) >= 11 is 0. The Kier molecular flexibility index (Phi) is 5.67. The predicted molar refractivity (Wildman–Crippen MR) is 98.6 cm³/mol. The number of aromatic hydroxyl groups is 1. The maximum absolute atomic E-state index is 12.7. The molecule has 0 spiro atoms. The predicted octanol–water partition coefficient (Wildman–Crippen LogP) is 1.75. The van der Waals surface area contributed by atoms with E-state index in [9.17, 15) is 9.90 Å². The lowest BCUT2D eigenvalue weighted by Gasteiger charge is -2.34. The Morgan fingerprint density at radius 1 is 1.37 bits per heavy atom. The van der Waals surface area contributed by atoms with Gasteiger partial charge >= 0.3 is 0 Å². The molecule has 0 radical (unpaired) electrons. The highest BCUT2D eigenvalue weighted by Gasteiger charge is 2.39. The van der Waals surface area contributed by atoms with Gasteiger partial charge in [-0.25, -0.2) is 4.98 Å². The summed E-state index contributed by atoms with van der Waals surface area (Å²) in [4.78, 5) is 17.1. The van der Waals surface area contributed by atoms with E-state index in [4.69, 9.17) is 13.9 Å². The molecular weight excluding hydrogens is 350 g/mol. The Morgan fingerprint density at radius 3 is 2.78 bits per heavy atom. The highest BCUT2D eigenvalue weighted by molar-refractivity contribution is 5.85. The molecule has 1 fully saturated rings. The summed E-state index contributed by atoms with van der Waals surface area (Å²) < 4.78 is 16.4. The number of hydrogen-bond donors (Lipinski definition) is 3. The van der Waals surface area contributed by atoms with Crippen LogP contribution in [0.1, 0.15) is 24.3 Å². The topological polar surface area (TPSA) is 106 Å². The van der Waals surface area contributed by atoms with E-state index in [2.05, 4.69) is 15.6 Å². The number of rotatable bonds is 6. The summed E-state index contributed by atoms with van der Waals surface area (Å²) in [6, 6.07) is 4.87. The summed E-state index contributed by atoms with van der Waals surface area (Å²) in [5, 5.41) is 15.9. The second-order valence-electron chi connectivity index (χ2n) is 6.54. The largest absolute Gasteiger partial charge is 0.504 e. The third-order valence-corrected chi connectivity index (χ3v) is 4.95. The minimum Gasteiger partial charge on any atom is -0.504 e. The first-order valence-corrected chi connectivity index (χ1v) is 8.87. The number of piperidine rings is 1. The summed E-state index contributed by atoms with van der Waals surface area (Å²) in [6.45, 7) is 3.54. The number of amides is 1. The van der Waals surface area contributed by atoms with E-state index in [-0.39, 0.29) is 18.2 Å². The Bertz CT molecular complexity index is 812. The van der Waals surface area contributed by atoms with Crippen LogP contribution < -0.4 is 15.4 Å². The van der Waals surface area contributed by atoms with E-state index < -0.39 is 5.60 Å². The maximum atomic E-state index is 12.7. The van der Waals surface area contributed by atoms with Crippen LogP contribution in [-0.4, -0.2) is 48.9 Å². The van der Waals surface area contributed by atoms with E-state index in [0.29, 0.717) is 41.5 Å². The van der Waals surface area contributed by atoms with Crippen molar-refractivity contribution in [2.45, 2.75) is 31.9 Å². The average molecular weight is 375 g/mol. The smallest absolute Gasteiger partial charge is 0.252 e. The van der Waals surface area contributed by atoms with Crippen LogP contribution in [0.15, 0.2) is 22.6 Å². The van der Waals surface area contributed by atoms with Crippen molar-refractivity contribution in [2.24, 2.45) is 0 Å². The van der Waals surface area contributed by atoms with Gasteiger partial charge in [-0.15, -0.1) is 0 Å². The number of carbonyl (C=O) groups is 1. The van der Waals surface area contributed by atoms with Gasteiger partial charge < -0.3 is 29.6 Å². The first-order valence-electron chi connectivity index (χ1n) is 8.87. The molecule has 2 heterocycles. The number of aryl methyl sites for hydroxylation is 1. The van der Waals surface area contributed by atoms with E-state index >= 15 is 0 Å². The number of aromatic nitrogens is 1. The minimum absolute atomic E-state index is 0.0452. The first-order chi connectivity index (χ1) is 13.0.